The van der Waals surface area contributed by atoms with Crippen LogP contribution in [0.5, 0.6) is 0 Å². The molecule has 1 saturated heterocycles. The van der Waals surface area contributed by atoms with E-state index in [1.165, 1.54) is 0 Å². The van der Waals surface area contributed by atoms with Crippen molar-refractivity contribution >= 4 is 38.9 Å². The molecule has 1 fully saturated rings. The first-order valence-corrected chi connectivity index (χ1v) is 10.8. The van der Waals surface area contributed by atoms with E-state index in [-0.39, 0.29) is 17.5 Å². The van der Waals surface area contributed by atoms with E-state index in [0.29, 0.717) is 29.8 Å². The lowest BCUT2D eigenvalue weighted by Gasteiger charge is -2.28. The molecule has 2 heterocycles. The van der Waals surface area contributed by atoms with Crippen molar-refractivity contribution in [3.05, 3.63) is 40.5 Å². The average molecular weight is 395 g/mol. The van der Waals surface area contributed by atoms with Crippen molar-refractivity contribution in [3.63, 3.8) is 0 Å². The zero-order chi connectivity index (χ0) is 18.9. The highest BCUT2D eigenvalue weighted by Crippen LogP contribution is 2.30. The molecular formula is C18H23ClN4O2S. The fourth-order valence-corrected chi connectivity index (χ4v) is 5.48. The fraction of sp³-hybridized carbons (Fsp3) is 0.444. The third-order valence-corrected chi connectivity index (χ3v) is 6.64. The van der Waals surface area contributed by atoms with Crippen LogP contribution in [-0.4, -0.2) is 42.5 Å². The summed E-state index contributed by atoms with van der Waals surface area (Å²) in [5, 5.41) is 3.81. The Balaban J connectivity index is 1.86. The van der Waals surface area contributed by atoms with Crippen LogP contribution in [0.4, 0.5) is 17.5 Å². The zero-order valence-electron chi connectivity index (χ0n) is 15.2. The summed E-state index contributed by atoms with van der Waals surface area (Å²) in [5.41, 5.74) is 2.88. The molecule has 3 rings (SSSR count). The molecule has 1 aromatic carbocycles. The predicted octanol–water partition coefficient (Wildman–Crippen LogP) is 3.50. The average Bonchev–Trinajstić information content (AvgIpc) is 2.92. The predicted molar refractivity (Wildman–Crippen MR) is 106 cm³/mol. The first-order chi connectivity index (χ1) is 12.3. The second kappa shape index (κ2) is 7.40. The molecule has 1 aromatic heterocycles. The molecule has 0 spiro atoms. The Bertz CT molecular complexity index is 894. The van der Waals surface area contributed by atoms with Crippen molar-refractivity contribution < 1.29 is 8.42 Å². The largest absolute Gasteiger partial charge is 0.353 e. The number of nitrogens with one attached hydrogen (secondary N) is 1. The van der Waals surface area contributed by atoms with E-state index in [0.717, 1.165) is 16.8 Å². The number of hydrogen-bond acceptors (Lipinski definition) is 6. The molecule has 1 aliphatic rings. The summed E-state index contributed by atoms with van der Waals surface area (Å²) in [4.78, 5) is 10.9. The standard InChI is InChI=1S/C18H23ClN4O2S/c1-4-23(14-6-8-26(24,25)11-14)16-5-7-20-18(21-16)22-17-13(3)9-12(2)10-15(17)19/h5,7,9-10,14H,4,6,8,11H2,1-3H3,(H,20,21,22). The third kappa shape index (κ3) is 4.10. The van der Waals surface area contributed by atoms with E-state index < -0.39 is 9.84 Å². The highest BCUT2D eigenvalue weighted by atomic mass is 35.5. The summed E-state index contributed by atoms with van der Waals surface area (Å²) < 4.78 is 23.6. The van der Waals surface area contributed by atoms with Gasteiger partial charge in [0, 0.05) is 18.8 Å². The van der Waals surface area contributed by atoms with Crippen molar-refractivity contribution in [3.8, 4) is 0 Å². The molecule has 1 unspecified atom stereocenters. The molecule has 0 aliphatic carbocycles. The van der Waals surface area contributed by atoms with E-state index in [4.69, 9.17) is 11.6 Å². The van der Waals surface area contributed by atoms with Crippen LogP contribution in [0.15, 0.2) is 24.4 Å². The molecule has 0 amide bonds. The first kappa shape index (κ1) is 18.9. The number of aromatic nitrogens is 2. The van der Waals surface area contributed by atoms with E-state index >= 15 is 0 Å². The van der Waals surface area contributed by atoms with Gasteiger partial charge in [0.05, 0.1) is 22.2 Å². The second-order valence-corrected chi connectivity index (χ2v) is 9.28. The lowest BCUT2D eigenvalue weighted by Crippen LogP contribution is -2.36. The Labute approximate surface area is 159 Å². The highest BCUT2D eigenvalue weighted by molar-refractivity contribution is 7.91. The van der Waals surface area contributed by atoms with E-state index in [2.05, 4.69) is 15.3 Å². The van der Waals surface area contributed by atoms with Crippen molar-refractivity contribution in [1.29, 1.82) is 0 Å². The van der Waals surface area contributed by atoms with Gasteiger partial charge in [-0.3, -0.25) is 0 Å². The van der Waals surface area contributed by atoms with Crippen LogP contribution in [-0.2, 0) is 9.84 Å². The Morgan fingerprint density at radius 2 is 2.12 bits per heavy atom. The molecule has 140 valence electrons. The minimum atomic E-state index is -2.95. The quantitative estimate of drug-likeness (QED) is 0.836. The minimum absolute atomic E-state index is 0.0440. The Morgan fingerprint density at radius 1 is 1.35 bits per heavy atom. The number of rotatable bonds is 5. The van der Waals surface area contributed by atoms with Crippen molar-refractivity contribution in [1.82, 2.24) is 9.97 Å². The van der Waals surface area contributed by atoms with Gasteiger partial charge in [0.1, 0.15) is 5.82 Å². The molecular weight excluding hydrogens is 372 g/mol. The first-order valence-electron chi connectivity index (χ1n) is 8.63. The summed E-state index contributed by atoms with van der Waals surface area (Å²) in [6.45, 7) is 6.66. The Kier molecular flexibility index (Phi) is 5.39. The maximum atomic E-state index is 11.8. The number of halogens is 1. The number of anilines is 3. The van der Waals surface area contributed by atoms with Gasteiger partial charge < -0.3 is 10.2 Å². The van der Waals surface area contributed by atoms with Crippen LogP contribution in [0.25, 0.3) is 0 Å². The van der Waals surface area contributed by atoms with Crippen molar-refractivity contribution in [2.24, 2.45) is 0 Å². The molecule has 6 nitrogen and oxygen atoms in total. The maximum absolute atomic E-state index is 11.8. The summed E-state index contributed by atoms with van der Waals surface area (Å²) in [6.07, 6.45) is 2.31. The van der Waals surface area contributed by atoms with Gasteiger partial charge in [-0.15, -0.1) is 0 Å². The van der Waals surface area contributed by atoms with Crippen molar-refractivity contribution in [2.75, 3.05) is 28.3 Å². The van der Waals surface area contributed by atoms with E-state index in [1.54, 1.807) is 6.20 Å². The summed E-state index contributed by atoms with van der Waals surface area (Å²) in [7, 11) is -2.95. The van der Waals surface area contributed by atoms with Gasteiger partial charge >= 0.3 is 0 Å². The molecule has 0 saturated carbocycles. The minimum Gasteiger partial charge on any atom is -0.353 e. The molecule has 1 aliphatic heterocycles. The van der Waals surface area contributed by atoms with Gasteiger partial charge in [0.15, 0.2) is 9.84 Å². The van der Waals surface area contributed by atoms with Gasteiger partial charge in [-0.05, 0) is 50.5 Å². The fourth-order valence-electron chi connectivity index (χ4n) is 3.38. The number of sulfone groups is 1. The SMILES string of the molecule is CCN(c1ccnc(Nc2c(C)cc(C)cc2Cl)n1)C1CCS(=O)(=O)C1. The van der Waals surface area contributed by atoms with E-state index in [9.17, 15) is 8.42 Å². The molecule has 26 heavy (non-hydrogen) atoms. The van der Waals surface area contributed by atoms with Gasteiger partial charge in [-0.1, -0.05) is 17.7 Å². The monoisotopic (exact) mass is 394 g/mol. The molecule has 0 bridgehead atoms. The topological polar surface area (TPSA) is 75.2 Å². The summed E-state index contributed by atoms with van der Waals surface area (Å²) in [5.74, 6) is 1.57. The Hall–Kier alpha value is -1.86. The lowest BCUT2D eigenvalue weighted by atomic mass is 10.1. The zero-order valence-corrected chi connectivity index (χ0v) is 16.7. The molecule has 8 heteroatoms. The van der Waals surface area contributed by atoms with Crippen LogP contribution in [0, 0.1) is 13.8 Å². The summed E-state index contributed by atoms with van der Waals surface area (Å²) in [6, 6.07) is 5.70. The smallest absolute Gasteiger partial charge is 0.229 e. The molecule has 1 N–H and O–H groups in total. The number of aryl methyl sites for hydroxylation is 2. The van der Waals surface area contributed by atoms with Gasteiger partial charge in [-0.2, -0.15) is 4.98 Å². The highest BCUT2D eigenvalue weighted by Gasteiger charge is 2.32. The van der Waals surface area contributed by atoms with Crippen LogP contribution in [0.3, 0.4) is 0 Å². The van der Waals surface area contributed by atoms with Crippen LogP contribution < -0.4 is 10.2 Å². The number of hydrogen-bond donors (Lipinski definition) is 1. The lowest BCUT2D eigenvalue weighted by molar-refractivity contribution is 0.599. The second-order valence-electron chi connectivity index (χ2n) is 6.64. The molecule has 2 aromatic rings. The third-order valence-electron chi connectivity index (χ3n) is 4.59. The van der Waals surface area contributed by atoms with Crippen LogP contribution in [0.2, 0.25) is 5.02 Å². The number of benzene rings is 1. The summed E-state index contributed by atoms with van der Waals surface area (Å²) >= 11 is 6.35. The van der Waals surface area contributed by atoms with Gasteiger partial charge in [0.25, 0.3) is 0 Å². The van der Waals surface area contributed by atoms with Crippen LogP contribution in [0.1, 0.15) is 24.5 Å². The molecule has 1 atom stereocenters. The van der Waals surface area contributed by atoms with Crippen molar-refractivity contribution in [2.45, 2.75) is 33.2 Å². The van der Waals surface area contributed by atoms with Gasteiger partial charge in [0.2, 0.25) is 5.95 Å². The normalized spacial score (nSPS) is 18.7. The number of nitrogens with zero attached hydrogens (tertiary/aromatic N) is 3. The van der Waals surface area contributed by atoms with Crippen LogP contribution >= 0.6 is 11.6 Å². The molecule has 0 radical (unpaired) electrons. The maximum Gasteiger partial charge on any atom is 0.229 e. The van der Waals surface area contributed by atoms with Gasteiger partial charge in [-0.25, -0.2) is 13.4 Å². The van der Waals surface area contributed by atoms with E-state index in [1.807, 2.05) is 43.9 Å². The Morgan fingerprint density at radius 3 is 2.73 bits per heavy atom.